The van der Waals surface area contributed by atoms with Crippen LogP contribution in [-0.2, 0) is 4.74 Å². The summed E-state index contributed by atoms with van der Waals surface area (Å²) in [5.74, 6) is 0.754. The van der Waals surface area contributed by atoms with Gasteiger partial charge < -0.3 is 14.8 Å². The first-order valence-electron chi connectivity index (χ1n) is 5.84. The van der Waals surface area contributed by atoms with Crippen LogP contribution < -0.4 is 0 Å². The molecule has 0 spiro atoms. The van der Waals surface area contributed by atoms with Crippen molar-refractivity contribution >= 4 is 16.8 Å². The van der Waals surface area contributed by atoms with Crippen LogP contribution in [-0.4, -0.2) is 40.7 Å². The Labute approximate surface area is 104 Å². The zero-order valence-electron chi connectivity index (χ0n) is 10.1. The highest BCUT2D eigenvalue weighted by Crippen LogP contribution is 2.31. The lowest BCUT2D eigenvalue weighted by Gasteiger charge is -2.38. The van der Waals surface area contributed by atoms with Gasteiger partial charge >= 0.3 is 0 Å². The summed E-state index contributed by atoms with van der Waals surface area (Å²) in [4.78, 5) is 19.7. The molecule has 1 fully saturated rings. The predicted molar refractivity (Wildman–Crippen MR) is 65.5 cm³/mol. The molecular weight excluding hydrogens is 232 g/mol. The van der Waals surface area contributed by atoms with E-state index in [-0.39, 0.29) is 12.4 Å². The van der Waals surface area contributed by atoms with E-state index in [9.17, 15) is 9.90 Å². The van der Waals surface area contributed by atoms with Gasteiger partial charge in [-0.25, -0.2) is 4.98 Å². The van der Waals surface area contributed by atoms with Crippen LogP contribution in [0.3, 0.4) is 0 Å². The molecule has 0 amide bonds. The Morgan fingerprint density at radius 3 is 2.94 bits per heavy atom. The highest BCUT2D eigenvalue weighted by atomic mass is 16.5. The number of aromatic nitrogens is 2. The number of aryl methyl sites for hydroxylation is 1. The second kappa shape index (κ2) is 3.90. The topological polar surface area (TPSA) is 75.2 Å². The Morgan fingerprint density at radius 1 is 1.56 bits per heavy atom. The van der Waals surface area contributed by atoms with Gasteiger partial charge in [-0.2, -0.15) is 0 Å². The molecule has 0 bridgehead atoms. The Balaban J connectivity index is 2.01. The average molecular weight is 246 g/mol. The number of rotatable bonds is 3. The van der Waals surface area contributed by atoms with Crippen molar-refractivity contribution in [2.24, 2.45) is 5.41 Å². The van der Waals surface area contributed by atoms with Crippen molar-refractivity contribution in [3.8, 4) is 0 Å². The van der Waals surface area contributed by atoms with E-state index >= 15 is 0 Å². The third-order valence-corrected chi connectivity index (χ3v) is 3.40. The number of aliphatic hydroxyl groups is 1. The second-order valence-corrected chi connectivity index (χ2v) is 4.81. The lowest BCUT2D eigenvalue weighted by atomic mass is 9.79. The first kappa shape index (κ1) is 11.4. The smallest absolute Gasteiger partial charge is 0.176 e. The van der Waals surface area contributed by atoms with E-state index in [1.807, 2.05) is 13.0 Å². The number of ketones is 1. The van der Waals surface area contributed by atoms with E-state index in [0.29, 0.717) is 18.8 Å². The maximum Gasteiger partial charge on any atom is 0.176 e. The number of hydrogen-bond donors (Lipinski definition) is 2. The van der Waals surface area contributed by atoms with E-state index in [4.69, 9.17) is 4.74 Å². The van der Waals surface area contributed by atoms with Crippen molar-refractivity contribution < 1.29 is 14.6 Å². The van der Waals surface area contributed by atoms with E-state index in [1.54, 1.807) is 12.1 Å². The van der Waals surface area contributed by atoms with Gasteiger partial charge in [-0.05, 0) is 25.1 Å². The minimum atomic E-state index is -0.747. The predicted octanol–water partition coefficient (Wildman–Crippen LogP) is 1.06. The first-order valence-corrected chi connectivity index (χ1v) is 5.84. The summed E-state index contributed by atoms with van der Waals surface area (Å²) in [7, 11) is 0. The monoisotopic (exact) mass is 246 g/mol. The van der Waals surface area contributed by atoms with Gasteiger partial charge in [-0.3, -0.25) is 4.79 Å². The fourth-order valence-electron chi connectivity index (χ4n) is 2.23. The number of hydrogen-bond acceptors (Lipinski definition) is 4. The Kier molecular flexibility index (Phi) is 2.46. The molecule has 1 aliphatic rings. The zero-order valence-corrected chi connectivity index (χ0v) is 10.1. The third-order valence-electron chi connectivity index (χ3n) is 3.40. The number of Topliss-reactive ketones (excluding diaryl/α,β-unsaturated/α-hetero) is 1. The van der Waals surface area contributed by atoms with Gasteiger partial charge in [0, 0.05) is 5.56 Å². The number of carbonyl (C=O) groups excluding carboxylic acids is 1. The summed E-state index contributed by atoms with van der Waals surface area (Å²) >= 11 is 0. The lowest BCUT2D eigenvalue weighted by molar-refractivity contribution is -0.109. The lowest BCUT2D eigenvalue weighted by Crippen LogP contribution is -2.51. The number of nitrogens with zero attached hydrogens (tertiary/aromatic N) is 1. The quantitative estimate of drug-likeness (QED) is 0.794. The molecule has 3 rings (SSSR count). The number of benzene rings is 1. The molecule has 5 nitrogen and oxygen atoms in total. The van der Waals surface area contributed by atoms with E-state index in [2.05, 4.69) is 9.97 Å². The summed E-state index contributed by atoms with van der Waals surface area (Å²) in [6, 6.07) is 5.35. The minimum absolute atomic E-state index is 0.0644. The normalized spacial score (nSPS) is 17.7. The largest absolute Gasteiger partial charge is 0.395 e. The number of nitrogens with one attached hydrogen (secondary N) is 1. The highest BCUT2D eigenvalue weighted by molar-refractivity contribution is 6.03. The molecular formula is C13H14N2O3. The molecule has 2 aromatic rings. The van der Waals surface area contributed by atoms with Crippen LogP contribution in [0.25, 0.3) is 11.0 Å². The van der Waals surface area contributed by atoms with Gasteiger partial charge in [0.15, 0.2) is 5.78 Å². The van der Waals surface area contributed by atoms with E-state index < -0.39 is 5.41 Å². The molecule has 0 atom stereocenters. The molecule has 94 valence electrons. The SMILES string of the molecule is Cc1nc2ccc(C(=O)C3(CO)COC3)cc2[nH]1. The van der Waals surface area contributed by atoms with Crippen molar-refractivity contribution in [1.29, 1.82) is 0 Å². The van der Waals surface area contributed by atoms with Crippen molar-refractivity contribution in [3.63, 3.8) is 0 Å². The Bertz CT molecular complexity index is 608. The second-order valence-electron chi connectivity index (χ2n) is 4.81. The van der Waals surface area contributed by atoms with Gasteiger partial charge in [0.25, 0.3) is 0 Å². The molecule has 5 heteroatoms. The average Bonchev–Trinajstić information content (AvgIpc) is 2.67. The molecule has 0 aliphatic carbocycles. The van der Waals surface area contributed by atoms with Crippen molar-refractivity contribution in [2.75, 3.05) is 19.8 Å². The summed E-state index contributed by atoms with van der Waals surface area (Å²) in [6.07, 6.45) is 0. The molecule has 1 aromatic carbocycles. The minimum Gasteiger partial charge on any atom is -0.395 e. The molecule has 1 aromatic heterocycles. The number of carbonyl (C=O) groups is 1. The fraction of sp³-hybridized carbons (Fsp3) is 0.385. The molecule has 0 radical (unpaired) electrons. The molecule has 0 saturated carbocycles. The third kappa shape index (κ3) is 1.55. The van der Waals surface area contributed by atoms with Crippen LogP contribution >= 0.6 is 0 Å². The van der Waals surface area contributed by atoms with Gasteiger partial charge in [0.1, 0.15) is 11.2 Å². The van der Waals surface area contributed by atoms with Crippen LogP contribution in [0, 0.1) is 12.3 Å². The number of ether oxygens (including phenoxy) is 1. The van der Waals surface area contributed by atoms with Crippen molar-refractivity contribution in [1.82, 2.24) is 9.97 Å². The zero-order chi connectivity index (χ0) is 12.8. The molecule has 1 saturated heterocycles. The number of H-pyrrole nitrogens is 1. The number of fused-ring (bicyclic) bond motifs is 1. The fourth-order valence-corrected chi connectivity index (χ4v) is 2.23. The Hall–Kier alpha value is -1.72. The first-order chi connectivity index (χ1) is 8.64. The van der Waals surface area contributed by atoms with Crippen LogP contribution in [0.5, 0.6) is 0 Å². The van der Waals surface area contributed by atoms with Gasteiger partial charge in [-0.1, -0.05) is 0 Å². The van der Waals surface area contributed by atoms with Crippen LogP contribution in [0.2, 0.25) is 0 Å². The van der Waals surface area contributed by atoms with Gasteiger partial charge in [-0.15, -0.1) is 0 Å². The van der Waals surface area contributed by atoms with Crippen molar-refractivity contribution in [3.05, 3.63) is 29.6 Å². The van der Waals surface area contributed by atoms with Crippen LogP contribution in [0.4, 0.5) is 0 Å². The van der Waals surface area contributed by atoms with Crippen LogP contribution in [0.1, 0.15) is 16.2 Å². The molecule has 0 unspecified atom stereocenters. The highest BCUT2D eigenvalue weighted by Gasteiger charge is 2.45. The molecule has 18 heavy (non-hydrogen) atoms. The van der Waals surface area contributed by atoms with Crippen molar-refractivity contribution in [2.45, 2.75) is 6.92 Å². The van der Waals surface area contributed by atoms with E-state index in [0.717, 1.165) is 16.9 Å². The number of aliphatic hydroxyl groups excluding tert-OH is 1. The summed E-state index contributed by atoms with van der Waals surface area (Å²) in [6.45, 7) is 2.28. The molecule has 2 heterocycles. The number of imidazole rings is 1. The van der Waals surface area contributed by atoms with Gasteiger partial charge in [0.05, 0.1) is 30.9 Å². The maximum absolute atomic E-state index is 12.4. The van der Waals surface area contributed by atoms with Gasteiger partial charge in [0.2, 0.25) is 0 Å². The molecule has 2 N–H and O–H groups in total. The number of aromatic amines is 1. The molecule has 1 aliphatic heterocycles. The summed E-state index contributed by atoms with van der Waals surface area (Å²) in [5, 5.41) is 9.36. The van der Waals surface area contributed by atoms with E-state index in [1.165, 1.54) is 0 Å². The standard InChI is InChI=1S/C13H14N2O3/c1-8-14-10-3-2-9(4-11(10)15-8)12(17)13(5-16)6-18-7-13/h2-4,16H,5-7H2,1H3,(H,14,15). The summed E-state index contributed by atoms with van der Waals surface area (Å²) < 4.78 is 5.06. The maximum atomic E-state index is 12.4. The van der Waals surface area contributed by atoms with Crippen LogP contribution in [0.15, 0.2) is 18.2 Å². The summed E-state index contributed by atoms with van der Waals surface area (Å²) in [5.41, 5.74) is 1.52. The Morgan fingerprint density at radius 2 is 2.33 bits per heavy atom.